The number of rotatable bonds is 16. The van der Waals surface area contributed by atoms with Gasteiger partial charge in [0, 0.05) is 5.75 Å². The Morgan fingerprint density at radius 3 is 1.85 bits per heavy atom. The van der Waals surface area contributed by atoms with Crippen molar-refractivity contribution in [2.75, 3.05) is 12.4 Å². The van der Waals surface area contributed by atoms with Gasteiger partial charge in [0.15, 0.2) is 0 Å². The van der Waals surface area contributed by atoms with E-state index in [1.807, 2.05) is 11.4 Å². The van der Waals surface area contributed by atoms with Crippen molar-refractivity contribution in [3.05, 3.63) is 0 Å². The Labute approximate surface area is 138 Å². The molecule has 0 amide bonds. The second-order valence-corrected chi connectivity index (χ2v) is 10.5. The first kappa shape index (κ1) is 21.1. The maximum atomic E-state index is 5.79. The first-order valence-corrected chi connectivity index (χ1v) is 12.6. The van der Waals surface area contributed by atoms with Crippen LogP contribution >= 0.6 is 30.2 Å². The lowest BCUT2D eigenvalue weighted by molar-refractivity contribution is 0.349. The third kappa shape index (κ3) is 17.1. The smallest absolute Gasteiger partial charge is 0.148 e. The standard InChI is InChI=1S/C16H35OPS2/c1-3-5-7-9-11-13-15-17-18(19)20-16-14-12-10-8-6-4-2/h19H,3-16H2,1-2H3. The lowest BCUT2D eigenvalue weighted by Gasteiger charge is -2.10. The van der Waals surface area contributed by atoms with Gasteiger partial charge in [0.2, 0.25) is 0 Å². The molecule has 0 bridgehead atoms. The van der Waals surface area contributed by atoms with Gasteiger partial charge < -0.3 is 4.52 Å². The summed E-state index contributed by atoms with van der Waals surface area (Å²) >= 11 is 6.47. The predicted octanol–water partition coefficient (Wildman–Crippen LogP) is 7.61. The van der Waals surface area contributed by atoms with Crippen LogP contribution in [0, 0.1) is 0 Å². The van der Waals surface area contributed by atoms with Gasteiger partial charge in [-0.25, -0.2) is 0 Å². The van der Waals surface area contributed by atoms with Crippen LogP contribution < -0.4 is 0 Å². The van der Waals surface area contributed by atoms with E-state index in [2.05, 4.69) is 26.1 Å². The van der Waals surface area contributed by atoms with Crippen molar-refractivity contribution < 1.29 is 4.52 Å². The van der Waals surface area contributed by atoms with E-state index in [0.29, 0.717) is 0 Å². The Morgan fingerprint density at radius 2 is 1.25 bits per heavy atom. The molecular formula is C16H35OPS2. The van der Waals surface area contributed by atoms with E-state index in [0.717, 1.165) is 6.61 Å². The number of hydrogen-bond donors (Lipinski definition) is 1. The molecule has 0 spiro atoms. The van der Waals surface area contributed by atoms with Gasteiger partial charge in [-0.1, -0.05) is 89.4 Å². The molecule has 0 aliphatic heterocycles. The van der Waals surface area contributed by atoms with Crippen LogP contribution in [0.5, 0.6) is 0 Å². The summed E-state index contributed by atoms with van der Waals surface area (Å²) in [5, 5.41) is 0. The fourth-order valence-corrected chi connectivity index (χ4v) is 5.22. The molecule has 0 heterocycles. The first-order valence-electron chi connectivity index (χ1n) is 8.56. The Morgan fingerprint density at radius 1 is 0.750 bits per heavy atom. The SMILES string of the molecule is CCCCCCCCOP(S)SCCCCCCCC. The van der Waals surface area contributed by atoms with Gasteiger partial charge in [-0.2, -0.15) is 0 Å². The highest BCUT2D eigenvalue weighted by atomic mass is 33.1. The molecule has 0 saturated carbocycles. The van der Waals surface area contributed by atoms with E-state index in [9.17, 15) is 0 Å². The summed E-state index contributed by atoms with van der Waals surface area (Å²) in [5.74, 6) is 1.22. The first-order chi connectivity index (χ1) is 9.81. The molecule has 1 unspecified atom stereocenters. The van der Waals surface area contributed by atoms with Gasteiger partial charge in [0.25, 0.3) is 0 Å². The van der Waals surface area contributed by atoms with Crippen LogP contribution in [0.25, 0.3) is 0 Å². The average Bonchev–Trinajstić information content (AvgIpc) is 2.45. The molecule has 0 aromatic rings. The summed E-state index contributed by atoms with van der Waals surface area (Å²) in [7, 11) is 0. The van der Waals surface area contributed by atoms with Gasteiger partial charge in [0.05, 0.1) is 6.61 Å². The molecule has 0 aliphatic rings. The maximum absolute atomic E-state index is 5.79. The highest BCUT2D eigenvalue weighted by Gasteiger charge is 2.03. The van der Waals surface area contributed by atoms with Crippen molar-refractivity contribution in [1.29, 1.82) is 0 Å². The highest BCUT2D eigenvalue weighted by Crippen LogP contribution is 2.55. The van der Waals surface area contributed by atoms with Gasteiger partial charge in [-0.3, -0.25) is 0 Å². The Kier molecular flexibility index (Phi) is 19.1. The van der Waals surface area contributed by atoms with Crippen LogP contribution in [0.2, 0.25) is 0 Å². The molecule has 0 saturated heterocycles. The molecular weight excluding hydrogens is 303 g/mol. The topological polar surface area (TPSA) is 9.23 Å². The molecule has 0 N–H and O–H groups in total. The molecule has 1 nitrogen and oxygen atoms in total. The minimum absolute atomic E-state index is 0.525. The summed E-state index contributed by atoms with van der Waals surface area (Å²) in [4.78, 5) is 0. The van der Waals surface area contributed by atoms with Crippen molar-refractivity contribution in [2.24, 2.45) is 0 Å². The third-order valence-electron chi connectivity index (χ3n) is 3.40. The lowest BCUT2D eigenvalue weighted by Crippen LogP contribution is -1.88. The zero-order valence-corrected chi connectivity index (χ0v) is 16.2. The number of thiol groups is 1. The van der Waals surface area contributed by atoms with E-state index in [1.54, 1.807) is 0 Å². The molecule has 0 fully saturated rings. The van der Waals surface area contributed by atoms with Crippen molar-refractivity contribution >= 4 is 30.2 Å². The highest BCUT2D eigenvalue weighted by molar-refractivity contribution is 8.82. The van der Waals surface area contributed by atoms with E-state index in [-0.39, 0.29) is 0 Å². The molecule has 0 aromatic heterocycles. The summed E-state index contributed by atoms with van der Waals surface area (Å²) in [5.41, 5.74) is 0. The van der Waals surface area contributed by atoms with Crippen LogP contribution in [-0.2, 0) is 4.52 Å². The summed E-state index contributed by atoms with van der Waals surface area (Å²) < 4.78 is 5.79. The molecule has 0 radical (unpaired) electrons. The number of hydrogen-bond acceptors (Lipinski definition) is 3. The van der Waals surface area contributed by atoms with E-state index >= 15 is 0 Å². The van der Waals surface area contributed by atoms with Gasteiger partial charge >= 0.3 is 0 Å². The van der Waals surface area contributed by atoms with E-state index < -0.39 is 6.55 Å². The van der Waals surface area contributed by atoms with Crippen LogP contribution in [-0.4, -0.2) is 12.4 Å². The summed E-state index contributed by atoms with van der Waals surface area (Å²) in [6, 6.07) is 0. The fourth-order valence-electron chi connectivity index (χ4n) is 2.09. The molecule has 122 valence electrons. The largest absolute Gasteiger partial charge is 0.339 e. The molecule has 4 heteroatoms. The normalized spacial score (nSPS) is 12.8. The van der Waals surface area contributed by atoms with E-state index in [4.69, 9.17) is 4.52 Å². The Hall–Kier alpha value is 1.09. The van der Waals surface area contributed by atoms with Gasteiger partial charge in [-0.15, -0.1) is 12.2 Å². The quantitative estimate of drug-likeness (QED) is 0.176. The zero-order chi connectivity index (χ0) is 14.9. The van der Waals surface area contributed by atoms with Crippen molar-refractivity contribution in [1.82, 2.24) is 0 Å². The lowest BCUT2D eigenvalue weighted by atomic mass is 10.1. The van der Waals surface area contributed by atoms with E-state index in [1.165, 1.54) is 82.8 Å². The zero-order valence-electron chi connectivity index (χ0n) is 13.6. The summed E-state index contributed by atoms with van der Waals surface area (Å²) in [6.07, 6.45) is 16.2. The third-order valence-corrected chi connectivity index (χ3v) is 7.41. The van der Waals surface area contributed by atoms with Gasteiger partial charge in [0.1, 0.15) is 6.55 Å². The second-order valence-electron chi connectivity index (χ2n) is 5.44. The van der Waals surface area contributed by atoms with Crippen molar-refractivity contribution in [3.63, 3.8) is 0 Å². The minimum atomic E-state index is -0.525. The minimum Gasteiger partial charge on any atom is -0.339 e. The van der Waals surface area contributed by atoms with Crippen molar-refractivity contribution in [2.45, 2.75) is 90.9 Å². The average molecular weight is 339 g/mol. The Bertz CT molecular complexity index is 164. The predicted molar refractivity (Wildman–Crippen MR) is 101 cm³/mol. The monoisotopic (exact) mass is 338 g/mol. The molecule has 0 rings (SSSR count). The van der Waals surface area contributed by atoms with Crippen LogP contribution in [0.3, 0.4) is 0 Å². The van der Waals surface area contributed by atoms with Crippen LogP contribution in [0.1, 0.15) is 90.9 Å². The van der Waals surface area contributed by atoms with Crippen LogP contribution in [0.15, 0.2) is 0 Å². The number of unbranched alkanes of at least 4 members (excludes halogenated alkanes) is 10. The summed E-state index contributed by atoms with van der Waals surface area (Å²) in [6.45, 7) is 4.91. The van der Waals surface area contributed by atoms with Gasteiger partial charge in [-0.05, 0) is 12.8 Å². The molecule has 0 aromatic carbocycles. The Balaban J connectivity index is 3.11. The molecule has 20 heavy (non-hydrogen) atoms. The van der Waals surface area contributed by atoms with Crippen LogP contribution in [0.4, 0.5) is 0 Å². The molecule has 1 atom stereocenters. The molecule has 0 aliphatic carbocycles. The fraction of sp³-hybridized carbons (Fsp3) is 1.00. The maximum Gasteiger partial charge on any atom is 0.148 e. The van der Waals surface area contributed by atoms with Crippen molar-refractivity contribution in [3.8, 4) is 0 Å². The second kappa shape index (κ2) is 18.1.